The zero-order valence-corrected chi connectivity index (χ0v) is 12.1. The van der Waals surface area contributed by atoms with Gasteiger partial charge in [-0.05, 0) is 19.9 Å². The van der Waals surface area contributed by atoms with Crippen LogP contribution in [0, 0.1) is 22.6 Å². The highest BCUT2D eigenvalue weighted by Crippen LogP contribution is 2.38. The predicted octanol–water partition coefficient (Wildman–Crippen LogP) is 2.02. The maximum absolute atomic E-state index is 13.3. The third kappa shape index (κ3) is 3.00. The summed E-state index contributed by atoms with van der Waals surface area (Å²) in [6.45, 7) is 3.08. The summed E-state index contributed by atoms with van der Waals surface area (Å²) in [6, 6.07) is 2.90. The summed E-state index contributed by atoms with van der Waals surface area (Å²) in [5.74, 6) is -1.96. The van der Waals surface area contributed by atoms with E-state index in [1.807, 2.05) is 0 Å². The SMILES string of the molecule is COC(=O)C(C)(C)[C@@H](N)c1ccc(F)c(C#N)c1O.Cl. The number of carbonyl (C=O) groups excluding carboxylic acids is 1. The van der Waals surface area contributed by atoms with Crippen molar-refractivity contribution in [3.8, 4) is 11.8 Å². The van der Waals surface area contributed by atoms with Gasteiger partial charge in [0.2, 0.25) is 0 Å². The maximum atomic E-state index is 13.3. The fourth-order valence-electron chi connectivity index (χ4n) is 1.72. The number of phenolic OH excluding ortho intramolecular Hbond substituents is 1. The van der Waals surface area contributed by atoms with Crippen molar-refractivity contribution in [1.29, 1.82) is 5.26 Å². The lowest BCUT2D eigenvalue weighted by molar-refractivity contribution is -0.152. The Bertz CT molecular complexity index is 555. The Kier molecular flexibility index (Phi) is 5.95. The Morgan fingerprint density at radius 3 is 2.55 bits per heavy atom. The van der Waals surface area contributed by atoms with Crippen LogP contribution in [0.5, 0.6) is 5.75 Å². The van der Waals surface area contributed by atoms with Gasteiger partial charge >= 0.3 is 5.97 Å². The molecule has 20 heavy (non-hydrogen) atoms. The molecule has 0 aliphatic rings. The zero-order chi connectivity index (χ0) is 14.8. The number of carbonyl (C=O) groups is 1. The highest BCUT2D eigenvalue weighted by molar-refractivity contribution is 5.85. The lowest BCUT2D eigenvalue weighted by atomic mass is 9.80. The summed E-state index contributed by atoms with van der Waals surface area (Å²) in [4.78, 5) is 11.7. The standard InChI is InChI=1S/C13H15FN2O3.ClH/c1-13(2,12(18)19-3)11(16)7-4-5-9(14)8(6-15)10(7)17;/h4-5,11,17H,16H2,1-3H3;1H/t11-;/m0./s1. The third-order valence-electron chi connectivity index (χ3n) is 3.09. The fourth-order valence-corrected chi connectivity index (χ4v) is 1.72. The van der Waals surface area contributed by atoms with Crippen LogP contribution in [0.3, 0.4) is 0 Å². The van der Waals surface area contributed by atoms with Crippen molar-refractivity contribution in [3.05, 3.63) is 29.1 Å². The van der Waals surface area contributed by atoms with Gasteiger partial charge in [-0.15, -0.1) is 12.4 Å². The number of esters is 1. The van der Waals surface area contributed by atoms with E-state index < -0.39 is 34.6 Å². The number of halogens is 2. The van der Waals surface area contributed by atoms with Gasteiger partial charge in [0, 0.05) is 11.6 Å². The molecule has 0 radical (unpaired) electrons. The molecule has 110 valence electrons. The minimum atomic E-state index is -1.13. The molecule has 0 unspecified atom stereocenters. The number of rotatable bonds is 3. The minimum Gasteiger partial charge on any atom is -0.506 e. The monoisotopic (exact) mass is 302 g/mol. The normalized spacial score (nSPS) is 12.0. The first kappa shape index (κ1) is 18.2. The summed E-state index contributed by atoms with van der Waals surface area (Å²) in [5, 5.41) is 18.6. The van der Waals surface area contributed by atoms with Gasteiger partial charge in [-0.1, -0.05) is 6.07 Å². The van der Waals surface area contributed by atoms with Gasteiger partial charge in [0.15, 0.2) is 0 Å². The van der Waals surface area contributed by atoms with Crippen LogP contribution in [0.2, 0.25) is 0 Å². The number of hydrogen-bond donors (Lipinski definition) is 2. The molecule has 7 heteroatoms. The number of aromatic hydroxyl groups is 1. The van der Waals surface area contributed by atoms with Gasteiger partial charge in [-0.3, -0.25) is 4.79 Å². The van der Waals surface area contributed by atoms with Crippen molar-refractivity contribution < 1.29 is 19.0 Å². The lowest BCUT2D eigenvalue weighted by Gasteiger charge is -2.29. The topological polar surface area (TPSA) is 96.3 Å². The Labute approximate surface area is 122 Å². The van der Waals surface area contributed by atoms with Crippen molar-refractivity contribution in [2.75, 3.05) is 7.11 Å². The van der Waals surface area contributed by atoms with E-state index >= 15 is 0 Å². The van der Waals surface area contributed by atoms with E-state index in [1.54, 1.807) is 19.9 Å². The molecule has 0 saturated carbocycles. The molecule has 1 aromatic carbocycles. The van der Waals surface area contributed by atoms with Crippen LogP contribution >= 0.6 is 12.4 Å². The summed E-state index contributed by atoms with van der Waals surface area (Å²) in [5.41, 5.74) is 4.43. The van der Waals surface area contributed by atoms with E-state index in [-0.39, 0.29) is 18.0 Å². The molecule has 1 aromatic rings. The first-order valence-corrected chi connectivity index (χ1v) is 5.52. The first-order chi connectivity index (χ1) is 8.77. The molecule has 0 amide bonds. The molecule has 0 bridgehead atoms. The first-order valence-electron chi connectivity index (χ1n) is 5.52. The van der Waals surface area contributed by atoms with Gasteiger partial charge in [-0.2, -0.15) is 5.26 Å². The van der Waals surface area contributed by atoms with Gasteiger partial charge in [0.1, 0.15) is 23.2 Å². The number of phenols is 1. The van der Waals surface area contributed by atoms with Crippen LogP contribution in [-0.2, 0) is 9.53 Å². The Balaban J connectivity index is 0.00000361. The molecule has 0 aliphatic carbocycles. The van der Waals surface area contributed by atoms with E-state index in [1.165, 1.54) is 13.2 Å². The highest BCUT2D eigenvalue weighted by Gasteiger charge is 2.38. The Hall–Kier alpha value is -1.84. The second-order valence-electron chi connectivity index (χ2n) is 4.66. The van der Waals surface area contributed by atoms with Crippen LogP contribution in [-0.4, -0.2) is 18.2 Å². The molecular weight excluding hydrogens is 287 g/mol. The zero-order valence-electron chi connectivity index (χ0n) is 11.3. The van der Waals surface area contributed by atoms with Crippen molar-refractivity contribution in [1.82, 2.24) is 0 Å². The molecule has 5 nitrogen and oxygen atoms in total. The Morgan fingerprint density at radius 2 is 2.10 bits per heavy atom. The molecular formula is C13H16ClFN2O3. The summed E-state index contributed by atoms with van der Waals surface area (Å²) < 4.78 is 17.9. The number of nitrogens with two attached hydrogens (primary N) is 1. The lowest BCUT2D eigenvalue weighted by Crippen LogP contribution is -2.37. The predicted molar refractivity (Wildman–Crippen MR) is 72.8 cm³/mol. The number of benzene rings is 1. The van der Waals surface area contributed by atoms with Gasteiger partial charge in [0.05, 0.1) is 12.5 Å². The van der Waals surface area contributed by atoms with Crippen LogP contribution in [0.15, 0.2) is 12.1 Å². The van der Waals surface area contributed by atoms with E-state index in [0.717, 1.165) is 6.07 Å². The fraction of sp³-hybridized carbons (Fsp3) is 0.385. The second kappa shape index (κ2) is 6.55. The Morgan fingerprint density at radius 1 is 1.55 bits per heavy atom. The smallest absolute Gasteiger partial charge is 0.313 e. The van der Waals surface area contributed by atoms with Gasteiger partial charge in [-0.25, -0.2) is 4.39 Å². The van der Waals surface area contributed by atoms with Gasteiger partial charge < -0.3 is 15.6 Å². The number of hydrogen-bond acceptors (Lipinski definition) is 5. The van der Waals surface area contributed by atoms with Crippen LogP contribution in [0.4, 0.5) is 4.39 Å². The average molecular weight is 303 g/mol. The largest absolute Gasteiger partial charge is 0.506 e. The summed E-state index contributed by atoms with van der Waals surface area (Å²) >= 11 is 0. The second-order valence-corrected chi connectivity index (χ2v) is 4.66. The molecule has 0 aliphatic heterocycles. The molecule has 1 atom stereocenters. The molecule has 0 heterocycles. The molecule has 0 aromatic heterocycles. The van der Waals surface area contributed by atoms with E-state index in [2.05, 4.69) is 4.74 Å². The van der Waals surface area contributed by atoms with Crippen LogP contribution in [0.1, 0.15) is 31.0 Å². The van der Waals surface area contributed by atoms with Crippen molar-refractivity contribution in [3.63, 3.8) is 0 Å². The van der Waals surface area contributed by atoms with Crippen LogP contribution < -0.4 is 5.73 Å². The molecule has 3 N–H and O–H groups in total. The minimum absolute atomic E-state index is 0. The van der Waals surface area contributed by atoms with Gasteiger partial charge in [0.25, 0.3) is 0 Å². The molecule has 0 spiro atoms. The summed E-state index contributed by atoms with van der Waals surface area (Å²) in [7, 11) is 1.22. The quantitative estimate of drug-likeness (QED) is 0.833. The number of methoxy groups -OCH3 is 1. The summed E-state index contributed by atoms with van der Waals surface area (Å²) in [6.07, 6.45) is 0. The molecule has 1 rings (SSSR count). The maximum Gasteiger partial charge on any atom is 0.313 e. The van der Waals surface area contributed by atoms with E-state index in [0.29, 0.717) is 0 Å². The van der Waals surface area contributed by atoms with Crippen molar-refractivity contribution in [2.45, 2.75) is 19.9 Å². The molecule has 0 fully saturated rings. The third-order valence-corrected chi connectivity index (χ3v) is 3.09. The van der Waals surface area contributed by atoms with E-state index in [4.69, 9.17) is 11.0 Å². The average Bonchev–Trinajstić information content (AvgIpc) is 2.37. The number of nitrogens with zero attached hydrogens (tertiary/aromatic N) is 1. The highest BCUT2D eigenvalue weighted by atomic mass is 35.5. The molecule has 0 saturated heterocycles. The van der Waals surface area contributed by atoms with E-state index in [9.17, 15) is 14.3 Å². The van der Waals surface area contributed by atoms with Crippen molar-refractivity contribution in [2.24, 2.45) is 11.1 Å². The number of nitriles is 1. The van der Waals surface area contributed by atoms with Crippen molar-refractivity contribution >= 4 is 18.4 Å². The number of ether oxygens (including phenoxy) is 1. The van der Waals surface area contributed by atoms with Crippen LogP contribution in [0.25, 0.3) is 0 Å².